The van der Waals surface area contributed by atoms with Crippen LogP contribution in [0.3, 0.4) is 0 Å². The zero-order valence-electron chi connectivity index (χ0n) is 27.3. The Morgan fingerprint density at radius 3 is 2.20 bits per heavy atom. The van der Waals surface area contributed by atoms with Crippen molar-refractivity contribution in [2.75, 3.05) is 0 Å². The normalized spacial score (nSPS) is 15.0. The highest BCUT2D eigenvalue weighted by molar-refractivity contribution is 8.15. The van der Waals surface area contributed by atoms with Gasteiger partial charge in [0.1, 0.15) is 22.9 Å². The topological polar surface area (TPSA) is 42.8 Å². The molecular formula is C45H27N3OS2. The number of rotatable bonds is 4. The SMILES string of the molecule is C=N/C(=C1\C(=N/Cn2c3ccccc3c3c4ccccc4c4c5ccccc5sc4c32)Sc2ccccc21)c1ccc2oc3ccccc3c2c1. The molecule has 4 heterocycles. The van der Waals surface area contributed by atoms with E-state index >= 15 is 0 Å². The lowest BCUT2D eigenvalue weighted by molar-refractivity contribution is 0.669. The third-order valence-corrected chi connectivity index (χ3v) is 12.5. The minimum Gasteiger partial charge on any atom is -0.456 e. The molecule has 51 heavy (non-hydrogen) atoms. The van der Waals surface area contributed by atoms with Crippen molar-refractivity contribution in [1.82, 2.24) is 4.57 Å². The first kappa shape index (κ1) is 28.8. The summed E-state index contributed by atoms with van der Waals surface area (Å²) in [4.78, 5) is 11.4. The first-order chi connectivity index (χ1) is 25.3. The van der Waals surface area contributed by atoms with E-state index in [0.29, 0.717) is 6.67 Å². The highest BCUT2D eigenvalue weighted by Gasteiger charge is 2.28. The first-order valence-corrected chi connectivity index (χ1v) is 18.6. The molecule has 1 aliphatic rings. The van der Waals surface area contributed by atoms with E-state index in [2.05, 4.69) is 127 Å². The van der Waals surface area contributed by atoms with Gasteiger partial charge < -0.3 is 8.98 Å². The number of fused-ring (bicyclic) bond motifs is 14. The number of aromatic nitrogens is 1. The predicted octanol–water partition coefficient (Wildman–Crippen LogP) is 12.9. The minimum absolute atomic E-state index is 0.460. The molecule has 0 fully saturated rings. The lowest BCUT2D eigenvalue weighted by atomic mass is 9.99. The van der Waals surface area contributed by atoms with E-state index < -0.39 is 0 Å². The van der Waals surface area contributed by atoms with E-state index in [9.17, 15) is 0 Å². The Labute approximate surface area is 300 Å². The maximum Gasteiger partial charge on any atom is 0.135 e. The van der Waals surface area contributed by atoms with Crippen LogP contribution in [0, 0.1) is 0 Å². The van der Waals surface area contributed by atoms with Crippen LogP contribution in [0.1, 0.15) is 11.1 Å². The van der Waals surface area contributed by atoms with Crippen molar-refractivity contribution in [3.63, 3.8) is 0 Å². The number of furan rings is 1. The Bertz CT molecular complexity index is 3170. The molecule has 0 saturated heterocycles. The highest BCUT2D eigenvalue weighted by Crippen LogP contribution is 2.48. The second kappa shape index (κ2) is 11.0. The van der Waals surface area contributed by atoms with Crippen LogP contribution in [0.5, 0.6) is 0 Å². The summed E-state index contributed by atoms with van der Waals surface area (Å²) in [7, 11) is 0. The van der Waals surface area contributed by atoms with Crippen LogP contribution in [-0.4, -0.2) is 16.3 Å². The Hall–Kier alpha value is -5.95. The lowest BCUT2D eigenvalue weighted by Gasteiger charge is -2.11. The fraction of sp³-hybridized carbons (Fsp3) is 0.0222. The van der Waals surface area contributed by atoms with Gasteiger partial charge in [-0.3, -0.25) is 9.98 Å². The van der Waals surface area contributed by atoms with E-state index in [-0.39, 0.29) is 0 Å². The molecule has 11 rings (SSSR count). The van der Waals surface area contributed by atoms with Crippen molar-refractivity contribution in [3.8, 4) is 0 Å². The molecule has 6 heteroatoms. The van der Waals surface area contributed by atoms with Crippen LogP contribution in [0.2, 0.25) is 0 Å². The van der Waals surface area contributed by atoms with E-state index in [1.165, 1.54) is 57.6 Å². The molecule has 4 nitrogen and oxygen atoms in total. The molecule has 3 aromatic heterocycles. The molecule has 10 aromatic rings. The maximum absolute atomic E-state index is 6.16. The molecule has 0 bridgehead atoms. The van der Waals surface area contributed by atoms with Gasteiger partial charge in [0.05, 0.1) is 21.4 Å². The van der Waals surface area contributed by atoms with Crippen LogP contribution < -0.4 is 0 Å². The van der Waals surface area contributed by atoms with Gasteiger partial charge in [0.2, 0.25) is 0 Å². The summed E-state index contributed by atoms with van der Waals surface area (Å²) in [5.41, 5.74) is 8.09. The van der Waals surface area contributed by atoms with Crippen molar-refractivity contribution < 1.29 is 4.42 Å². The molecule has 0 atom stereocenters. The van der Waals surface area contributed by atoms with Gasteiger partial charge in [-0.1, -0.05) is 109 Å². The fourth-order valence-corrected chi connectivity index (χ4v) is 10.4. The molecule has 0 aliphatic carbocycles. The molecule has 0 N–H and O–H groups in total. The fourth-order valence-electron chi connectivity index (χ4n) is 8.05. The van der Waals surface area contributed by atoms with Crippen LogP contribution in [-0.2, 0) is 6.67 Å². The summed E-state index contributed by atoms with van der Waals surface area (Å²) >= 11 is 3.59. The molecule has 0 amide bonds. The van der Waals surface area contributed by atoms with Crippen molar-refractivity contribution in [1.29, 1.82) is 0 Å². The van der Waals surface area contributed by atoms with E-state index in [1.54, 1.807) is 11.8 Å². The number of aliphatic imine (C=N–C) groups is 2. The largest absolute Gasteiger partial charge is 0.456 e. The van der Waals surface area contributed by atoms with Gasteiger partial charge >= 0.3 is 0 Å². The maximum atomic E-state index is 6.16. The predicted molar refractivity (Wildman–Crippen MR) is 220 cm³/mol. The van der Waals surface area contributed by atoms with Gasteiger partial charge in [-0.25, -0.2) is 0 Å². The third kappa shape index (κ3) is 4.15. The van der Waals surface area contributed by atoms with Crippen LogP contribution in [0.25, 0.3) is 86.0 Å². The Morgan fingerprint density at radius 2 is 1.33 bits per heavy atom. The quantitative estimate of drug-likeness (QED) is 0.173. The monoisotopic (exact) mass is 689 g/mol. The Kier molecular flexibility index (Phi) is 6.24. The minimum atomic E-state index is 0.460. The summed E-state index contributed by atoms with van der Waals surface area (Å²) in [5.74, 6) is 0. The molecule has 0 spiro atoms. The summed E-state index contributed by atoms with van der Waals surface area (Å²) in [5, 5.41) is 10.8. The van der Waals surface area contributed by atoms with Crippen LogP contribution in [0.4, 0.5) is 0 Å². The third-order valence-electron chi connectivity index (χ3n) is 10.2. The molecule has 0 radical (unpaired) electrons. The summed E-state index contributed by atoms with van der Waals surface area (Å²) in [6, 6.07) is 49.4. The smallest absolute Gasteiger partial charge is 0.135 e. The van der Waals surface area contributed by atoms with Gasteiger partial charge in [0.25, 0.3) is 0 Å². The van der Waals surface area contributed by atoms with Crippen molar-refractivity contribution in [3.05, 3.63) is 151 Å². The average Bonchev–Trinajstić information content (AvgIpc) is 3.94. The van der Waals surface area contributed by atoms with Gasteiger partial charge in [0, 0.05) is 58.6 Å². The van der Waals surface area contributed by atoms with Gasteiger partial charge in [0.15, 0.2) is 0 Å². The number of para-hydroxylation sites is 2. The highest BCUT2D eigenvalue weighted by atomic mass is 32.2. The molecule has 7 aromatic carbocycles. The number of hydrogen-bond donors (Lipinski definition) is 0. The van der Waals surface area contributed by atoms with Crippen LogP contribution >= 0.6 is 23.1 Å². The van der Waals surface area contributed by atoms with E-state index in [0.717, 1.165) is 49.4 Å². The molecule has 240 valence electrons. The zero-order chi connectivity index (χ0) is 33.6. The Balaban J connectivity index is 1.16. The molecular weight excluding hydrogens is 663 g/mol. The molecule has 0 saturated carbocycles. The van der Waals surface area contributed by atoms with E-state index in [1.807, 2.05) is 35.6 Å². The van der Waals surface area contributed by atoms with Gasteiger partial charge in [-0.2, -0.15) is 0 Å². The Morgan fingerprint density at radius 1 is 0.647 bits per heavy atom. The van der Waals surface area contributed by atoms with Crippen molar-refractivity contribution in [2.24, 2.45) is 9.98 Å². The number of thiophene rings is 1. The molecule has 0 unspecified atom stereocenters. The second-order valence-corrected chi connectivity index (χ2v) is 15.0. The number of benzene rings is 7. The summed E-state index contributed by atoms with van der Waals surface area (Å²) in [6.45, 7) is 4.56. The number of thioether (sulfide) groups is 1. The zero-order valence-corrected chi connectivity index (χ0v) is 28.9. The summed E-state index contributed by atoms with van der Waals surface area (Å²) < 4.78 is 11.2. The first-order valence-electron chi connectivity index (χ1n) is 16.9. The van der Waals surface area contributed by atoms with Gasteiger partial charge in [-0.15, -0.1) is 11.3 Å². The number of nitrogens with zero attached hydrogens (tertiary/aromatic N) is 3. The standard InChI is InChI=1S/C45H27N3OS2/c1-46-42(26-22-23-36-33(24-26)27-12-5-9-19-35(27)49-36)41-32-17-7-11-21-38(32)51-45(41)47-25-48-34-18-8-4-15-30(34)39-28-13-2-3-14-29(28)40-31-16-6-10-20-37(31)50-44(40)43(39)48/h2-24H,1,25H2/b42-41-,47-45+. The van der Waals surface area contributed by atoms with Crippen molar-refractivity contribution >= 4 is 121 Å². The lowest BCUT2D eigenvalue weighted by Crippen LogP contribution is -2.01. The van der Waals surface area contributed by atoms with Crippen molar-refractivity contribution in [2.45, 2.75) is 11.6 Å². The number of hydrogen-bond acceptors (Lipinski definition) is 5. The summed E-state index contributed by atoms with van der Waals surface area (Å²) in [6.07, 6.45) is 0. The average molecular weight is 690 g/mol. The van der Waals surface area contributed by atoms with E-state index in [4.69, 9.17) is 14.4 Å². The van der Waals surface area contributed by atoms with Gasteiger partial charge in [-0.05, 0) is 60.0 Å². The second-order valence-electron chi connectivity index (χ2n) is 12.9. The van der Waals surface area contributed by atoms with Crippen LogP contribution in [0.15, 0.2) is 159 Å². The molecule has 1 aliphatic heterocycles.